The fraction of sp³-hybridized carbons (Fsp3) is 0. The van der Waals surface area contributed by atoms with Gasteiger partial charge in [0.05, 0.1) is 0 Å². The van der Waals surface area contributed by atoms with Crippen molar-refractivity contribution in [1.29, 1.82) is 0 Å². The quantitative estimate of drug-likeness (QED) is 0.167. The number of anilines is 4. The van der Waals surface area contributed by atoms with E-state index >= 15 is 0 Å². The fourth-order valence-corrected chi connectivity index (χ4v) is 3.64. The van der Waals surface area contributed by atoms with Gasteiger partial charge < -0.3 is 14.8 Å². The summed E-state index contributed by atoms with van der Waals surface area (Å²) < 4.78 is 0. The minimum absolute atomic E-state index is 0. The molecule has 0 bridgehead atoms. The molecule has 0 spiro atoms. The van der Waals surface area contributed by atoms with Gasteiger partial charge in [0.1, 0.15) is 0 Å². The molecule has 1 aromatic heterocycles. The minimum atomic E-state index is 0. The van der Waals surface area contributed by atoms with Crippen LogP contribution in [0, 0.1) is 6.67 Å². The summed E-state index contributed by atoms with van der Waals surface area (Å²) >= 11 is 0. The van der Waals surface area contributed by atoms with Gasteiger partial charge in [-0.2, -0.15) is 6.20 Å². The molecule has 5 aromatic rings. The second kappa shape index (κ2) is 9.71. The topological polar surface area (TPSA) is 20.6 Å². The first-order valence-electron chi connectivity index (χ1n) is 9.99. The molecule has 157 valence electrons. The van der Waals surface area contributed by atoms with Crippen LogP contribution >= 0.6 is 0 Å². The van der Waals surface area contributed by atoms with E-state index < -0.39 is 0 Å². The predicted molar refractivity (Wildman–Crippen MR) is 125 cm³/mol. The summed E-state index contributed by atoms with van der Waals surface area (Å²) in [4.78, 5) is 8.57. The standard InChI is InChI=1S/C19H15N2.C8H6N.Au/c1-3-9-16(10-4-1)20-15-21(17-11-5-2-6-12-17)19-14-8-7-13-18(19)20;1-2-4-8-7(3-1)5-6-9-8;/h1-15H;1-6H;/q2*-1;. The third-order valence-corrected chi connectivity index (χ3v) is 5.10. The number of nitrogens with zero attached hydrogens (tertiary/aromatic N) is 3. The second-order valence-electron chi connectivity index (χ2n) is 7.02. The van der Waals surface area contributed by atoms with Crippen LogP contribution in [-0.4, -0.2) is 0 Å². The van der Waals surface area contributed by atoms with Crippen LogP contribution in [0.15, 0.2) is 121 Å². The van der Waals surface area contributed by atoms with E-state index in [9.17, 15) is 0 Å². The minimum Gasteiger partial charge on any atom is -0.664 e. The van der Waals surface area contributed by atoms with Crippen LogP contribution < -0.4 is 14.8 Å². The Kier molecular flexibility index (Phi) is 6.58. The molecule has 31 heavy (non-hydrogen) atoms. The number of rotatable bonds is 2. The van der Waals surface area contributed by atoms with E-state index in [1.807, 2.05) is 42.6 Å². The zero-order valence-corrected chi connectivity index (χ0v) is 18.9. The molecule has 0 N–H and O–H groups in total. The van der Waals surface area contributed by atoms with E-state index in [0.29, 0.717) is 0 Å². The summed E-state index contributed by atoms with van der Waals surface area (Å²) in [5, 5.41) is 1.22. The molecular weight excluding hydrogens is 563 g/mol. The third-order valence-electron chi connectivity index (χ3n) is 5.10. The Morgan fingerprint density at radius 2 is 1.00 bits per heavy atom. The van der Waals surface area contributed by atoms with Crippen molar-refractivity contribution in [2.75, 3.05) is 9.80 Å². The van der Waals surface area contributed by atoms with E-state index in [2.05, 4.69) is 100 Å². The van der Waals surface area contributed by atoms with Crippen molar-refractivity contribution in [2.45, 2.75) is 0 Å². The summed E-state index contributed by atoms with van der Waals surface area (Å²) in [5.74, 6) is 0. The van der Waals surface area contributed by atoms with Crippen LogP contribution in [0.3, 0.4) is 0 Å². The van der Waals surface area contributed by atoms with Crippen molar-refractivity contribution in [3.05, 3.63) is 128 Å². The van der Waals surface area contributed by atoms with Gasteiger partial charge in [-0.3, -0.25) is 0 Å². The molecule has 4 heteroatoms. The van der Waals surface area contributed by atoms with Crippen LogP contribution in [0.25, 0.3) is 10.9 Å². The molecule has 3 nitrogen and oxygen atoms in total. The molecule has 1 radical (unpaired) electrons. The molecule has 0 atom stereocenters. The normalized spacial score (nSPS) is 12.0. The Bertz CT molecular complexity index is 1140. The number of hydrogen-bond acceptors (Lipinski definition) is 2. The van der Waals surface area contributed by atoms with Gasteiger partial charge in [-0.15, -0.1) is 12.2 Å². The molecule has 1 aliphatic rings. The van der Waals surface area contributed by atoms with E-state index in [1.54, 1.807) is 0 Å². The van der Waals surface area contributed by atoms with E-state index in [0.717, 1.165) is 5.52 Å². The summed E-state index contributed by atoms with van der Waals surface area (Å²) in [5.41, 5.74) is 5.82. The van der Waals surface area contributed by atoms with Crippen molar-refractivity contribution in [2.24, 2.45) is 0 Å². The van der Waals surface area contributed by atoms with Crippen molar-refractivity contribution in [1.82, 2.24) is 4.98 Å². The molecule has 0 fully saturated rings. The Morgan fingerprint density at radius 1 is 0.516 bits per heavy atom. The van der Waals surface area contributed by atoms with Crippen LogP contribution in [-0.2, 0) is 22.4 Å². The molecule has 0 aliphatic carbocycles. The van der Waals surface area contributed by atoms with Crippen molar-refractivity contribution in [3.63, 3.8) is 0 Å². The first kappa shape index (κ1) is 21.0. The van der Waals surface area contributed by atoms with Gasteiger partial charge in [0.25, 0.3) is 0 Å². The second-order valence-corrected chi connectivity index (χ2v) is 7.02. The largest absolute Gasteiger partial charge is 0.664 e. The SMILES string of the molecule is [Au].c1ccc(N2[CH-]N(c3ccccc3)c3ccccc32)cc1.c1ccc2[n-]ccc2c1. The summed E-state index contributed by atoms with van der Waals surface area (Å²) in [6.45, 7) is 2.15. The van der Waals surface area contributed by atoms with Crippen molar-refractivity contribution >= 4 is 33.7 Å². The maximum atomic E-state index is 4.12. The van der Waals surface area contributed by atoms with Crippen LogP contribution in [0.1, 0.15) is 0 Å². The van der Waals surface area contributed by atoms with E-state index in [-0.39, 0.29) is 22.4 Å². The van der Waals surface area contributed by atoms with Crippen molar-refractivity contribution < 1.29 is 22.4 Å². The third kappa shape index (κ3) is 4.44. The molecular formula is C27H21AuN3-2. The Labute approximate surface area is 198 Å². The molecule has 0 saturated heterocycles. The summed E-state index contributed by atoms with van der Waals surface area (Å²) in [7, 11) is 0. The first-order valence-corrected chi connectivity index (χ1v) is 9.99. The van der Waals surface area contributed by atoms with Gasteiger partial charge in [-0.25, -0.2) is 0 Å². The van der Waals surface area contributed by atoms with Gasteiger partial charge in [-0.05, 0) is 41.8 Å². The maximum absolute atomic E-state index is 4.12. The average molecular weight is 584 g/mol. The van der Waals surface area contributed by atoms with Crippen LogP contribution in [0.4, 0.5) is 22.7 Å². The van der Waals surface area contributed by atoms with Crippen molar-refractivity contribution in [3.8, 4) is 0 Å². The fourth-order valence-electron chi connectivity index (χ4n) is 3.64. The van der Waals surface area contributed by atoms with Gasteiger partial charge in [0, 0.05) is 45.1 Å². The maximum Gasteiger partial charge on any atom is 0.0345 e. The monoisotopic (exact) mass is 584 g/mol. The van der Waals surface area contributed by atoms with Crippen LogP contribution in [0.2, 0.25) is 0 Å². The number of para-hydroxylation sites is 5. The average Bonchev–Trinajstić information content (AvgIpc) is 3.46. The Balaban J connectivity index is 0.000000194. The summed E-state index contributed by atoms with van der Waals surface area (Å²) in [6, 6.07) is 39.4. The molecule has 0 saturated carbocycles. The van der Waals surface area contributed by atoms with E-state index in [1.165, 1.54) is 28.1 Å². The van der Waals surface area contributed by atoms with Gasteiger partial charge >= 0.3 is 0 Å². The molecule has 1 aliphatic heterocycles. The molecule has 0 amide bonds. The summed E-state index contributed by atoms with van der Waals surface area (Å²) in [6.07, 6.45) is 1.82. The zero-order valence-electron chi connectivity index (χ0n) is 16.8. The Morgan fingerprint density at radius 3 is 1.55 bits per heavy atom. The number of fused-ring (bicyclic) bond motifs is 2. The van der Waals surface area contributed by atoms with Gasteiger partial charge in [0.2, 0.25) is 0 Å². The molecule has 2 heterocycles. The van der Waals surface area contributed by atoms with Gasteiger partial charge in [-0.1, -0.05) is 78.9 Å². The molecule has 4 aromatic carbocycles. The van der Waals surface area contributed by atoms with E-state index in [4.69, 9.17) is 0 Å². The first-order chi connectivity index (χ1) is 14.9. The van der Waals surface area contributed by atoms with Gasteiger partial charge in [0.15, 0.2) is 0 Å². The molecule has 0 unspecified atom stereocenters. The molecule has 6 rings (SSSR count). The smallest absolute Gasteiger partial charge is 0.0345 e. The predicted octanol–water partition coefficient (Wildman–Crippen LogP) is 6.89. The zero-order chi connectivity index (χ0) is 20.2. The van der Waals surface area contributed by atoms with Crippen LogP contribution in [0.5, 0.6) is 0 Å². The number of benzene rings is 4. The number of aromatic nitrogens is 1. The Hall–Kier alpha value is -3.24. The number of hydrogen-bond donors (Lipinski definition) is 0.